The molecule has 1 unspecified atom stereocenters. The third kappa shape index (κ3) is 2.11. The number of aromatic nitrogens is 2. The minimum atomic E-state index is 0.122. The lowest BCUT2D eigenvalue weighted by Gasteiger charge is -2.24. The standard InChI is InChI=1S/C13H14N4O/c18-12-6-5-10(8-14-12)16-13-11-4-2-1-3-9(11)7-15-17-13/h1-4,7,10H,5-6,8H2,(H,14,18)(H,16,17). The van der Waals surface area contributed by atoms with Crippen LogP contribution in [0.5, 0.6) is 0 Å². The van der Waals surface area contributed by atoms with E-state index in [9.17, 15) is 4.79 Å². The fourth-order valence-electron chi connectivity index (χ4n) is 2.18. The topological polar surface area (TPSA) is 66.9 Å². The number of fused-ring (bicyclic) bond motifs is 1. The molecule has 0 bridgehead atoms. The second-order valence-corrected chi connectivity index (χ2v) is 4.46. The number of carbonyl (C=O) groups is 1. The third-order valence-corrected chi connectivity index (χ3v) is 3.18. The van der Waals surface area contributed by atoms with Gasteiger partial charge in [-0.3, -0.25) is 4.79 Å². The van der Waals surface area contributed by atoms with Gasteiger partial charge >= 0.3 is 0 Å². The smallest absolute Gasteiger partial charge is 0.220 e. The molecule has 2 heterocycles. The van der Waals surface area contributed by atoms with E-state index in [2.05, 4.69) is 20.8 Å². The Hall–Kier alpha value is -2.17. The monoisotopic (exact) mass is 242 g/mol. The second kappa shape index (κ2) is 4.60. The van der Waals surface area contributed by atoms with Crippen molar-refractivity contribution in [2.75, 3.05) is 11.9 Å². The van der Waals surface area contributed by atoms with Gasteiger partial charge in [0.25, 0.3) is 0 Å². The summed E-state index contributed by atoms with van der Waals surface area (Å²) in [4.78, 5) is 11.1. The van der Waals surface area contributed by atoms with Crippen LogP contribution >= 0.6 is 0 Å². The molecule has 1 saturated heterocycles. The van der Waals surface area contributed by atoms with Crippen LogP contribution in [-0.4, -0.2) is 28.7 Å². The molecule has 5 nitrogen and oxygen atoms in total. The summed E-state index contributed by atoms with van der Waals surface area (Å²) >= 11 is 0. The van der Waals surface area contributed by atoms with Crippen LogP contribution in [0.4, 0.5) is 5.82 Å². The zero-order chi connectivity index (χ0) is 12.4. The van der Waals surface area contributed by atoms with E-state index in [1.807, 2.05) is 24.3 Å². The highest BCUT2D eigenvalue weighted by Gasteiger charge is 2.18. The highest BCUT2D eigenvalue weighted by atomic mass is 16.1. The van der Waals surface area contributed by atoms with Gasteiger partial charge in [0.15, 0.2) is 5.82 Å². The molecule has 1 aliphatic heterocycles. The Kier molecular flexibility index (Phi) is 2.80. The van der Waals surface area contributed by atoms with Crippen molar-refractivity contribution in [1.29, 1.82) is 0 Å². The van der Waals surface area contributed by atoms with E-state index in [0.717, 1.165) is 23.0 Å². The van der Waals surface area contributed by atoms with E-state index in [1.54, 1.807) is 6.20 Å². The molecule has 1 aromatic carbocycles. The van der Waals surface area contributed by atoms with Crippen molar-refractivity contribution in [3.63, 3.8) is 0 Å². The molecule has 5 heteroatoms. The van der Waals surface area contributed by atoms with Gasteiger partial charge in [0.1, 0.15) is 0 Å². The van der Waals surface area contributed by atoms with E-state index in [4.69, 9.17) is 0 Å². The molecule has 1 atom stereocenters. The lowest BCUT2D eigenvalue weighted by molar-refractivity contribution is -0.122. The number of rotatable bonds is 2. The SMILES string of the molecule is O=C1CCC(Nc2nncc3ccccc23)CN1. The van der Waals surface area contributed by atoms with Crippen LogP contribution < -0.4 is 10.6 Å². The van der Waals surface area contributed by atoms with Crippen molar-refractivity contribution in [2.24, 2.45) is 0 Å². The van der Waals surface area contributed by atoms with Gasteiger partial charge in [-0.15, -0.1) is 5.10 Å². The van der Waals surface area contributed by atoms with Gasteiger partial charge in [0.05, 0.1) is 6.20 Å². The lowest BCUT2D eigenvalue weighted by atomic mass is 10.1. The number of anilines is 1. The van der Waals surface area contributed by atoms with E-state index in [-0.39, 0.29) is 11.9 Å². The van der Waals surface area contributed by atoms with Crippen LogP contribution in [-0.2, 0) is 4.79 Å². The lowest BCUT2D eigenvalue weighted by Crippen LogP contribution is -2.42. The van der Waals surface area contributed by atoms with Gasteiger partial charge in [-0.2, -0.15) is 5.10 Å². The Morgan fingerprint density at radius 2 is 2.22 bits per heavy atom. The highest BCUT2D eigenvalue weighted by molar-refractivity contribution is 5.91. The number of hydrogen-bond donors (Lipinski definition) is 2. The first-order valence-electron chi connectivity index (χ1n) is 6.06. The summed E-state index contributed by atoms with van der Waals surface area (Å²) in [5.74, 6) is 0.909. The van der Waals surface area contributed by atoms with Gasteiger partial charge in [-0.25, -0.2) is 0 Å². The number of hydrogen-bond acceptors (Lipinski definition) is 4. The Bertz CT molecular complexity index is 569. The van der Waals surface area contributed by atoms with Crippen molar-refractivity contribution in [3.05, 3.63) is 30.5 Å². The minimum Gasteiger partial charge on any atom is -0.364 e. The first kappa shape index (κ1) is 11.0. The first-order valence-corrected chi connectivity index (χ1v) is 6.06. The zero-order valence-electron chi connectivity index (χ0n) is 9.89. The maximum atomic E-state index is 11.1. The predicted octanol–water partition coefficient (Wildman–Crippen LogP) is 1.32. The molecule has 3 rings (SSSR count). The van der Waals surface area contributed by atoms with Crippen LogP contribution in [0.1, 0.15) is 12.8 Å². The molecule has 0 spiro atoms. The van der Waals surface area contributed by atoms with E-state index >= 15 is 0 Å². The third-order valence-electron chi connectivity index (χ3n) is 3.18. The van der Waals surface area contributed by atoms with Gasteiger partial charge in [-0.05, 0) is 6.42 Å². The summed E-state index contributed by atoms with van der Waals surface area (Å²) in [6, 6.07) is 8.22. The van der Waals surface area contributed by atoms with Crippen LogP contribution in [0.25, 0.3) is 10.8 Å². The molecule has 18 heavy (non-hydrogen) atoms. The number of nitrogens with zero attached hydrogens (tertiary/aromatic N) is 2. The molecule has 92 valence electrons. The van der Waals surface area contributed by atoms with Gasteiger partial charge in [0.2, 0.25) is 5.91 Å². The number of benzene rings is 1. The Morgan fingerprint density at radius 1 is 1.33 bits per heavy atom. The molecule has 2 aromatic rings. The molecule has 1 amide bonds. The van der Waals surface area contributed by atoms with Crippen LogP contribution in [0.15, 0.2) is 30.5 Å². The van der Waals surface area contributed by atoms with Crippen molar-refractivity contribution in [1.82, 2.24) is 15.5 Å². The molecule has 1 fully saturated rings. The molecular weight excluding hydrogens is 228 g/mol. The maximum absolute atomic E-state index is 11.1. The zero-order valence-corrected chi connectivity index (χ0v) is 9.89. The maximum Gasteiger partial charge on any atom is 0.220 e. The summed E-state index contributed by atoms with van der Waals surface area (Å²) in [6.07, 6.45) is 3.15. The average Bonchev–Trinajstić information content (AvgIpc) is 2.42. The Labute approximate surface area is 105 Å². The van der Waals surface area contributed by atoms with Crippen LogP contribution in [0.2, 0.25) is 0 Å². The number of piperidine rings is 1. The average molecular weight is 242 g/mol. The predicted molar refractivity (Wildman–Crippen MR) is 69.2 cm³/mol. The summed E-state index contributed by atoms with van der Waals surface area (Å²) < 4.78 is 0. The van der Waals surface area contributed by atoms with Crippen molar-refractivity contribution in [3.8, 4) is 0 Å². The molecule has 1 aromatic heterocycles. The Morgan fingerprint density at radius 3 is 3.06 bits per heavy atom. The summed E-state index contributed by atoms with van der Waals surface area (Å²) in [5.41, 5.74) is 0. The molecule has 0 saturated carbocycles. The summed E-state index contributed by atoms with van der Waals surface area (Å²) in [7, 11) is 0. The van der Waals surface area contributed by atoms with E-state index < -0.39 is 0 Å². The fourth-order valence-corrected chi connectivity index (χ4v) is 2.18. The van der Waals surface area contributed by atoms with Crippen molar-refractivity contribution < 1.29 is 4.79 Å². The van der Waals surface area contributed by atoms with Gasteiger partial charge in [-0.1, -0.05) is 24.3 Å². The van der Waals surface area contributed by atoms with Crippen molar-refractivity contribution >= 4 is 22.5 Å². The summed E-state index contributed by atoms with van der Waals surface area (Å²) in [6.45, 7) is 0.643. The minimum absolute atomic E-state index is 0.122. The van der Waals surface area contributed by atoms with E-state index in [0.29, 0.717) is 13.0 Å². The molecule has 1 aliphatic rings. The number of amides is 1. The first-order chi connectivity index (χ1) is 8.83. The van der Waals surface area contributed by atoms with Gasteiger partial charge in [0, 0.05) is 29.8 Å². The number of nitrogens with one attached hydrogen (secondary N) is 2. The van der Waals surface area contributed by atoms with Crippen LogP contribution in [0.3, 0.4) is 0 Å². The fraction of sp³-hybridized carbons (Fsp3) is 0.308. The highest BCUT2D eigenvalue weighted by Crippen LogP contribution is 2.21. The molecule has 0 aliphatic carbocycles. The molecular formula is C13H14N4O. The Balaban J connectivity index is 1.84. The normalized spacial score (nSPS) is 19.6. The quantitative estimate of drug-likeness (QED) is 0.833. The largest absolute Gasteiger partial charge is 0.364 e. The second-order valence-electron chi connectivity index (χ2n) is 4.46. The summed E-state index contributed by atoms with van der Waals surface area (Å²) in [5, 5.41) is 16.5. The molecule has 0 radical (unpaired) electrons. The van der Waals surface area contributed by atoms with Crippen LogP contribution in [0, 0.1) is 0 Å². The van der Waals surface area contributed by atoms with Gasteiger partial charge < -0.3 is 10.6 Å². The number of carbonyl (C=O) groups excluding carboxylic acids is 1. The van der Waals surface area contributed by atoms with Crippen molar-refractivity contribution in [2.45, 2.75) is 18.9 Å². The van der Waals surface area contributed by atoms with E-state index in [1.165, 1.54) is 0 Å². The molecule has 2 N–H and O–H groups in total.